The number of carboxylic acids is 1. The fourth-order valence-corrected chi connectivity index (χ4v) is 3.78. The molecule has 0 aromatic rings. The third-order valence-electron chi connectivity index (χ3n) is 3.89. The Morgan fingerprint density at radius 1 is 1.45 bits per heavy atom. The van der Waals surface area contributed by atoms with Crippen LogP contribution in [-0.4, -0.2) is 65.4 Å². The van der Waals surface area contributed by atoms with Gasteiger partial charge in [0, 0.05) is 24.4 Å². The predicted octanol–water partition coefficient (Wildman–Crippen LogP) is 1.16. The van der Waals surface area contributed by atoms with Gasteiger partial charge in [-0.3, -0.25) is 4.79 Å². The van der Waals surface area contributed by atoms with Crippen LogP contribution < -0.4 is 5.32 Å². The monoisotopic (exact) mass is 302 g/mol. The van der Waals surface area contributed by atoms with E-state index in [-0.39, 0.29) is 18.5 Å². The largest absolute Gasteiger partial charge is 0.481 e. The van der Waals surface area contributed by atoms with Gasteiger partial charge in [-0.2, -0.15) is 11.8 Å². The maximum absolute atomic E-state index is 12.2. The molecule has 6 nitrogen and oxygen atoms in total. The molecule has 0 aromatic heterocycles. The lowest BCUT2D eigenvalue weighted by molar-refractivity contribution is -0.141. The van der Waals surface area contributed by atoms with Crippen molar-refractivity contribution in [2.75, 3.05) is 26.0 Å². The van der Waals surface area contributed by atoms with Crippen molar-refractivity contribution in [3.63, 3.8) is 0 Å². The second-order valence-corrected chi connectivity index (χ2v) is 6.37. The van der Waals surface area contributed by atoms with Crippen LogP contribution in [0.2, 0.25) is 0 Å². The molecule has 0 bridgehead atoms. The minimum Gasteiger partial charge on any atom is -0.481 e. The number of rotatable bonds is 4. The molecule has 0 radical (unpaired) electrons. The van der Waals surface area contributed by atoms with Crippen LogP contribution in [0, 0.1) is 0 Å². The smallest absolute Gasteiger partial charge is 0.317 e. The number of nitrogens with one attached hydrogen (secondary N) is 1. The number of carbonyl (C=O) groups excluding carboxylic acids is 1. The first-order valence-corrected chi connectivity index (χ1v) is 8.30. The summed E-state index contributed by atoms with van der Waals surface area (Å²) in [6.07, 6.45) is 4.96. The Labute approximate surface area is 123 Å². The van der Waals surface area contributed by atoms with E-state index in [1.54, 1.807) is 16.7 Å². The second kappa shape index (κ2) is 7.17. The Morgan fingerprint density at radius 3 is 2.95 bits per heavy atom. The van der Waals surface area contributed by atoms with Crippen LogP contribution >= 0.6 is 11.8 Å². The minimum absolute atomic E-state index is 0.0549. The molecular formula is C13H22N2O4S. The Kier molecular flexibility index (Phi) is 5.54. The van der Waals surface area contributed by atoms with E-state index in [0.717, 1.165) is 19.3 Å². The van der Waals surface area contributed by atoms with E-state index in [1.165, 1.54) is 0 Å². The summed E-state index contributed by atoms with van der Waals surface area (Å²) in [7, 11) is 0. The zero-order valence-corrected chi connectivity index (χ0v) is 12.5. The highest BCUT2D eigenvalue weighted by molar-refractivity contribution is 7.99. The second-order valence-electron chi connectivity index (χ2n) is 5.30. The number of hydrogen-bond donors (Lipinski definition) is 2. The molecule has 1 aliphatic carbocycles. The predicted molar refractivity (Wildman–Crippen MR) is 77.0 cm³/mol. The lowest BCUT2D eigenvalue weighted by Gasteiger charge is -2.33. The number of ether oxygens (including phenoxy) is 1. The first-order chi connectivity index (χ1) is 9.60. The van der Waals surface area contributed by atoms with Crippen LogP contribution in [0.3, 0.4) is 0 Å². The topological polar surface area (TPSA) is 78.9 Å². The SMILES string of the molecule is CSC1CCCC1NC(=O)N1CCOC(CC(=O)O)C1. The minimum atomic E-state index is -0.893. The molecule has 2 aliphatic rings. The van der Waals surface area contributed by atoms with Crippen molar-refractivity contribution >= 4 is 23.8 Å². The highest BCUT2D eigenvalue weighted by Crippen LogP contribution is 2.28. The molecule has 3 unspecified atom stereocenters. The van der Waals surface area contributed by atoms with Gasteiger partial charge in [0.1, 0.15) is 0 Å². The van der Waals surface area contributed by atoms with Gasteiger partial charge in [-0.25, -0.2) is 4.79 Å². The lowest BCUT2D eigenvalue weighted by atomic mass is 10.2. The molecular weight excluding hydrogens is 280 g/mol. The number of thioether (sulfide) groups is 1. The van der Waals surface area contributed by atoms with Crippen molar-refractivity contribution in [3.8, 4) is 0 Å². The maximum Gasteiger partial charge on any atom is 0.317 e. The van der Waals surface area contributed by atoms with Crippen molar-refractivity contribution in [3.05, 3.63) is 0 Å². The number of carbonyl (C=O) groups is 2. The molecule has 1 saturated carbocycles. The van der Waals surface area contributed by atoms with Crippen molar-refractivity contribution < 1.29 is 19.4 Å². The third kappa shape index (κ3) is 4.02. The zero-order valence-electron chi connectivity index (χ0n) is 11.7. The summed E-state index contributed by atoms with van der Waals surface area (Å²) in [4.78, 5) is 24.6. The Balaban J connectivity index is 1.84. The molecule has 2 amide bonds. The first kappa shape index (κ1) is 15.4. The highest BCUT2D eigenvalue weighted by Gasteiger charge is 2.31. The number of aliphatic carboxylic acids is 1. The van der Waals surface area contributed by atoms with Crippen molar-refractivity contribution in [1.29, 1.82) is 0 Å². The summed E-state index contributed by atoms with van der Waals surface area (Å²) < 4.78 is 5.37. The van der Waals surface area contributed by atoms with Crippen LogP contribution in [0.4, 0.5) is 4.79 Å². The van der Waals surface area contributed by atoms with Gasteiger partial charge < -0.3 is 20.1 Å². The lowest BCUT2D eigenvalue weighted by Crippen LogP contribution is -2.53. The summed E-state index contributed by atoms with van der Waals surface area (Å²) in [5, 5.41) is 12.4. The standard InChI is InChI=1S/C13H22N2O4S/c1-20-11-4-2-3-10(11)14-13(18)15-5-6-19-9(8-15)7-12(16)17/h9-11H,2-8H2,1H3,(H,14,18)(H,16,17). The van der Waals surface area contributed by atoms with Gasteiger partial charge in [0.25, 0.3) is 0 Å². The van der Waals surface area contributed by atoms with E-state index < -0.39 is 12.1 Å². The zero-order chi connectivity index (χ0) is 14.5. The molecule has 1 saturated heterocycles. The molecule has 1 aliphatic heterocycles. The normalized spacial score (nSPS) is 30.2. The molecule has 2 fully saturated rings. The van der Waals surface area contributed by atoms with Gasteiger partial charge in [-0.05, 0) is 19.1 Å². The average molecular weight is 302 g/mol. The summed E-state index contributed by atoms with van der Waals surface area (Å²) >= 11 is 1.80. The Bertz CT molecular complexity index is 366. The van der Waals surface area contributed by atoms with Crippen molar-refractivity contribution in [1.82, 2.24) is 10.2 Å². The Morgan fingerprint density at radius 2 is 2.25 bits per heavy atom. The molecule has 0 aromatic carbocycles. The van der Waals surface area contributed by atoms with Crippen LogP contribution in [0.5, 0.6) is 0 Å². The van der Waals surface area contributed by atoms with Crippen LogP contribution in [-0.2, 0) is 9.53 Å². The number of hydrogen-bond acceptors (Lipinski definition) is 4. The van der Waals surface area contributed by atoms with Gasteiger partial charge in [0.2, 0.25) is 0 Å². The van der Waals surface area contributed by atoms with Crippen LogP contribution in [0.25, 0.3) is 0 Å². The average Bonchev–Trinajstić information content (AvgIpc) is 2.85. The molecule has 7 heteroatoms. The first-order valence-electron chi connectivity index (χ1n) is 7.01. The molecule has 2 rings (SSSR count). The molecule has 0 spiro atoms. The molecule has 2 N–H and O–H groups in total. The Hall–Kier alpha value is -0.950. The quantitative estimate of drug-likeness (QED) is 0.814. The van der Waals surface area contributed by atoms with Gasteiger partial charge in [-0.1, -0.05) is 6.42 Å². The molecule has 3 atom stereocenters. The number of urea groups is 1. The van der Waals surface area contributed by atoms with Crippen LogP contribution in [0.1, 0.15) is 25.7 Å². The van der Waals surface area contributed by atoms with E-state index in [2.05, 4.69) is 11.6 Å². The van der Waals surface area contributed by atoms with Crippen molar-refractivity contribution in [2.45, 2.75) is 43.1 Å². The molecule has 1 heterocycles. The summed E-state index contributed by atoms with van der Waals surface area (Å²) in [6, 6.07) is 0.146. The third-order valence-corrected chi connectivity index (χ3v) is 5.06. The van der Waals surface area contributed by atoms with Gasteiger partial charge in [0.05, 0.1) is 19.1 Å². The number of carboxylic acid groups (broad SMARTS) is 1. The van der Waals surface area contributed by atoms with E-state index in [9.17, 15) is 9.59 Å². The molecule has 20 heavy (non-hydrogen) atoms. The van der Waals surface area contributed by atoms with Crippen molar-refractivity contribution in [2.24, 2.45) is 0 Å². The van der Waals surface area contributed by atoms with E-state index in [1.807, 2.05) is 0 Å². The summed E-state index contributed by atoms with van der Waals surface area (Å²) in [5.41, 5.74) is 0. The fourth-order valence-electron chi connectivity index (χ4n) is 2.85. The summed E-state index contributed by atoms with van der Waals surface area (Å²) in [5.74, 6) is -0.893. The van der Waals surface area contributed by atoms with Gasteiger partial charge >= 0.3 is 12.0 Å². The van der Waals surface area contributed by atoms with E-state index in [4.69, 9.17) is 9.84 Å². The molecule has 114 valence electrons. The van der Waals surface area contributed by atoms with Gasteiger partial charge in [-0.15, -0.1) is 0 Å². The van der Waals surface area contributed by atoms with Gasteiger partial charge in [0.15, 0.2) is 0 Å². The number of nitrogens with zero attached hydrogens (tertiary/aromatic N) is 1. The number of amides is 2. The maximum atomic E-state index is 12.2. The fraction of sp³-hybridized carbons (Fsp3) is 0.846. The number of morpholine rings is 1. The summed E-state index contributed by atoms with van der Waals surface area (Å²) in [6.45, 7) is 1.29. The highest BCUT2D eigenvalue weighted by atomic mass is 32.2. The van der Waals surface area contributed by atoms with E-state index in [0.29, 0.717) is 24.9 Å². The van der Waals surface area contributed by atoms with E-state index >= 15 is 0 Å². The van der Waals surface area contributed by atoms with Crippen LogP contribution in [0.15, 0.2) is 0 Å².